The van der Waals surface area contributed by atoms with Crippen molar-refractivity contribution in [1.82, 2.24) is 0 Å². The monoisotopic (exact) mass is 497 g/mol. The number of hydrogen-bond acceptors (Lipinski definition) is 2. The predicted molar refractivity (Wildman–Crippen MR) is 111 cm³/mol. The quantitative estimate of drug-likeness (QED) is 0.387. The van der Waals surface area contributed by atoms with Crippen molar-refractivity contribution in [2.75, 3.05) is 5.32 Å². The van der Waals surface area contributed by atoms with Crippen molar-refractivity contribution in [2.24, 2.45) is 0 Å². The van der Waals surface area contributed by atoms with Gasteiger partial charge in [0.25, 0.3) is 0 Å². The summed E-state index contributed by atoms with van der Waals surface area (Å²) >= 11 is 13.3. The molecule has 1 N–H and O–H groups in total. The molecule has 134 valence electrons. The lowest BCUT2D eigenvalue weighted by atomic mass is 10.2. The minimum atomic E-state index is -0.260. The van der Waals surface area contributed by atoms with Crippen LogP contribution in [0.3, 0.4) is 0 Å². The molecule has 0 aliphatic rings. The van der Waals surface area contributed by atoms with Gasteiger partial charge in [0.1, 0.15) is 18.2 Å². The van der Waals surface area contributed by atoms with Gasteiger partial charge in [-0.15, -0.1) is 0 Å². The second kappa shape index (κ2) is 8.89. The summed E-state index contributed by atoms with van der Waals surface area (Å²) in [5, 5.41) is 3.95. The fourth-order valence-corrected chi connectivity index (χ4v) is 4.06. The Morgan fingerprint density at radius 2 is 1.69 bits per heavy atom. The summed E-state index contributed by atoms with van der Waals surface area (Å²) < 4.78 is 20.9. The maximum Gasteiger partial charge on any atom is 0.139 e. The Hall–Kier alpha value is -1.56. The lowest BCUT2D eigenvalue weighted by molar-refractivity contribution is 0.301. The molecule has 0 atom stereocenters. The molecule has 2 nitrogen and oxygen atoms in total. The number of ether oxygens (including phenoxy) is 1. The molecule has 0 spiro atoms. The van der Waals surface area contributed by atoms with Crippen LogP contribution in [0, 0.1) is 5.82 Å². The van der Waals surface area contributed by atoms with Crippen LogP contribution in [0.4, 0.5) is 10.1 Å². The average molecular weight is 500 g/mol. The molecule has 0 fully saturated rings. The van der Waals surface area contributed by atoms with Crippen molar-refractivity contribution in [2.45, 2.75) is 13.2 Å². The predicted octanol–water partition coefficient (Wildman–Crippen LogP) is 7.20. The Balaban J connectivity index is 1.78. The van der Waals surface area contributed by atoms with Gasteiger partial charge in [-0.2, -0.15) is 0 Å². The molecule has 0 aliphatic carbocycles. The van der Waals surface area contributed by atoms with Gasteiger partial charge in [-0.25, -0.2) is 4.39 Å². The van der Waals surface area contributed by atoms with E-state index in [9.17, 15) is 4.39 Å². The molecule has 0 saturated carbocycles. The maximum absolute atomic E-state index is 13.0. The van der Waals surface area contributed by atoms with E-state index in [0.29, 0.717) is 18.2 Å². The van der Waals surface area contributed by atoms with Crippen molar-refractivity contribution in [3.05, 3.63) is 91.6 Å². The highest BCUT2D eigenvalue weighted by Crippen LogP contribution is 2.34. The zero-order valence-corrected chi connectivity index (χ0v) is 17.5. The van der Waals surface area contributed by atoms with Crippen LogP contribution in [-0.2, 0) is 13.2 Å². The summed E-state index contributed by atoms with van der Waals surface area (Å²) in [5.74, 6) is 0.479. The van der Waals surface area contributed by atoms with Crippen LogP contribution in [0.1, 0.15) is 11.1 Å². The normalized spacial score (nSPS) is 10.6. The first kappa shape index (κ1) is 19.2. The van der Waals surface area contributed by atoms with Crippen molar-refractivity contribution >= 4 is 49.1 Å². The van der Waals surface area contributed by atoms with Gasteiger partial charge in [-0.3, -0.25) is 0 Å². The van der Waals surface area contributed by atoms with Crippen molar-refractivity contribution in [3.8, 4) is 5.75 Å². The number of nitrogens with one attached hydrogen (secondary N) is 1. The van der Waals surface area contributed by atoms with E-state index < -0.39 is 0 Å². The van der Waals surface area contributed by atoms with Crippen LogP contribution in [0.25, 0.3) is 0 Å². The van der Waals surface area contributed by atoms with E-state index in [1.165, 1.54) is 12.1 Å². The summed E-state index contributed by atoms with van der Waals surface area (Å²) in [4.78, 5) is 0. The van der Waals surface area contributed by atoms with E-state index >= 15 is 0 Å². The van der Waals surface area contributed by atoms with Crippen molar-refractivity contribution < 1.29 is 9.13 Å². The minimum absolute atomic E-state index is 0.260. The summed E-state index contributed by atoms with van der Waals surface area (Å²) in [6.07, 6.45) is 0. The van der Waals surface area contributed by atoms with E-state index in [-0.39, 0.29) is 5.82 Å². The third-order valence-electron chi connectivity index (χ3n) is 3.74. The maximum atomic E-state index is 13.0. The molecule has 3 aromatic carbocycles. The fourth-order valence-electron chi connectivity index (χ4n) is 2.44. The van der Waals surface area contributed by atoms with Crippen molar-refractivity contribution in [1.29, 1.82) is 0 Å². The molecule has 0 bridgehead atoms. The SMILES string of the molecule is Fc1ccc(NCc2cc(Br)cc(Br)c2OCc2ccccc2Cl)cc1. The van der Waals surface area contributed by atoms with E-state index in [2.05, 4.69) is 37.2 Å². The Morgan fingerprint density at radius 3 is 2.42 bits per heavy atom. The highest BCUT2D eigenvalue weighted by molar-refractivity contribution is 9.11. The molecule has 0 aromatic heterocycles. The zero-order chi connectivity index (χ0) is 18.5. The standard InChI is InChI=1S/C20H15Br2ClFNO/c21-15-9-14(11-25-17-7-5-16(24)6-8-17)20(18(22)10-15)26-12-13-3-1-2-4-19(13)23/h1-10,25H,11-12H2. The molecule has 0 heterocycles. The molecule has 0 unspecified atom stereocenters. The summed E-state index contributed by atoms with van der Waals surface area (Å²) in [5.41, 5.74) is 2.71. The van der Waals surface area contributed by atoms with Crippen LogP contribution in [0.5, 0.6) is 5.75 Å². The first-order valence-electron chi connectivity index (χ1n) is 7.86. The van der Waals surface area contributed by atoms with Gasteiger partial charge in [0.15, 0.2) is 0 Å². The van der Waals surface area contributed by atoms with Crippen LogP contribution >= 0.6 is 43.5 Å². The topological polar surface area (TPSA) is 21.3 Å². The van der Waals surface area contributed by atoms with Gasteiger partial charge < -0.3 is 10.1 Å². The van der Waals surface area contributed by atoms with E-state index in [0.717, 1.165) is 31.5 Å². The Labute approximate surface area is 173 Å². The number of hydrogen-bond donors (Lipinski definition) is 1. The smallest absolute Gasteiger partial charge is 0.139 e. The summed E-state index contributed by atoms with van der Waals surface area (Å²) in [7, 11) is 0. The summed E-state index contributed by atoms with van der Waals surface area (Å²) in [6.45, 7) is 0.894. The molecule has 0 saturated heterocycles. The number of anilines is 1. The second-order valence-electron chi connectivity index (χ2n) is 5.62. The third kappa shape index (κ3) is 5.00. The van der Waals surface area contributed by atoms with Gasteiger partial charge >= 0.3 is 0 Å². The molecule has 0 amide bonds. The lowest BCUT2D eigenvalue weighted by Gasteiger charge is -2.16. The van der Waals surface area contributed by atoms with E-state index in [4.69, 9.17) is 16.3 Å². The Bertz CT molecular complexity index is 903. The highest BCUT2D eigenvalue weighted by atomic mass is 79.9. The first-order chi connectivity index (χ1) is 12.5. The van der Waals surface area contributed by atoms with Gasteiger partial charge in [0, 0.05) is 32.9 Å². The molecule has 0 radical (unpaired) electrons. The molecule has 3 rings (SSSR count). The lowest BCUT2D eigenvalue weighted by Crippen LogP contribution is -2.05. The molecule has 6 heteroatoms. The summed E-state index contributed by atoms with van der Waals surface area (Å²) in [6, 6.07) is 17.8. The third-order valence-corrected chi connectivity index (χ3v) is 5.16. The molecule has 3 aromatic rings. The number of benzene rings is 3. The first-order valence-corrected chi connectivity index (χ1v) is 9.83. The van der Waals surface area contributed by atoms with Gasteiger partial charge in [-0.05, 0) is 58.4 Å². The van der Waals surface area contributed by atoms with Crippen LogP contribution < -0.4 is 10.1 Å². The zero-order valence-electron chi connectivity index (χ0n) is 13.6. The minimum Gasteiger partial charge on any atom is -0.487 e. The Kier molecular flexibility index (Phi) is 6.57. The number of halogens is 4. The fraction of sp³-hybridized carbons (Fsp3) is 0.100. The molecular formula is C20H15Br2ClFNO. The van der Waals surface area contributed by atoms with Gasteiger partial charge in [0.2, 0.25) is 0 Å². The van der Waals surface area contributed by atoms with Gasteiger partial charge in [-0.1, -0.05) is 45.7 Å². The van der Waals surface area contributed by atoms with E-state index in [1.807, 2.05) is 36.4 Å². The van der Waals surface area contributed by atoms with Crippen LogP contribution in [-0.4, -0.2) is 0 Å². The van der Waals surface area contributed by atoms with Gasteiger partial charge in [0.05, 0.1) is 4.47 Å². The van der Waals surface area contributed by atoms with Crippen LogP contribution in [0.2, 0.25) is 5.02 Å². The molecule has 0 aliphatic heterocycles. The largest absolute Gasteiger partial charge is 0.487 e. The van der Waals surface area contributed by atoms with Crippen LogP contribution in [0.15, 0.2) is 69.6 Å². The average Bonchev–Trinajstić information content (AvgIpc) is 2.61. The van der Waals surface area contributed by atoms with Crippen molar-refractivity contribution in [3.63, 3.8) is 0 Å². The Morgan fingerprint density at radius 1 is 0.962 bits per heavy atom. The molecular weight excluding hydrogens is 484 g/mol. The van der Waals surface area contributed by atoms with E-state index in [1.54, 1.807) is 12.1 Å². The molecule has 26 heavy (non-hydrogen) atoms. The second-order valence-corrected chi connectivity index (χ2v) is 7.79. The number of rotatable bonds is 6. The highest BCUT2D eigenvalue weighted by Gasteiger charge is 2.12.